The Labute approximate surface area is 137 Å². The monoisotopic (exact) mass is 357 g/mol. The van der Waals surface area contributed by atoms with Crippen LogP contribution in [0.5, 0.6) is 0 Å². The topological polar surface area (TPSA) is 87.3 Å². The van der Waals surface area contributed by atoms with Crippen molar-refractivity contribution in [1.29, 1.82) is 0 Å². The van der Waals surface area contributed by atoms with Crippen LogP contribution in [0.2, 0.25) is 5.02 Å². The number of sulfonamides is 1. The van der Waals surface area contributed by atoms with Crippen LogP contribution < -0.4 is 15.4 Å². The number of nitrogens with one attached hydrogen (secondary N) is 3. The van der Waals surface area contributed by atoms with Gasteiger partial charge in [0.1, 0.15) is 10.7 Å². The first-order chi connectivity index (χ1) is 10.8. The maximum Gasteiger partial charge on any atom is 0.318 e. The molecule has 3 N–H and O–H groups in total. The minimum Gasteiger partial charge on any atom is -0.341 e. The zero-order valence-electron chi connectivity index (χ0n) is 11.9. The van der Waals surface area contributed by atoms with Gasteiger partial charge in [-0.2, -0.15) is 0 Å². The van der Waals surface area contributed by atoms with Gasteiger partial charge < -0.3 is 10.6 Å². The highest BCUT2D eigenvalue weighted by molar-refractivity contribution is 7.92. The van der Waals surface area contributed by atoms with Gasteiger partial charge in [0.05, 0.1) is 5.02 Å². The first-order valence-electron chi connectivity index (χ1n) is 6.38. The Morgan fingerprint density at radius 3 is 2.26 bits per heavy atom. The smallest absolute Gasteiger partial charge is 0.318 e. The average Bonchev–Trinajstić information content (AvgIpc) is 2.48. The van der Waals surface area contributed by atoms with Crippen molar-refractivity contribution in [2.24, 2.45) is 0 Å². The molecule has 0 aliphatic carbocycles. The highest BCUT2D eigenvalue weighted by atomic mass is 35.5. The molecular weight excluding hydrogens is 345 g/mol. The second-order valence-corrected chi connectivity index (χ2v) is 6.52. The molecule has 2 aromatic carbocycles. The maximum atomic E-state index is 13.0. The molecule has 0 saturated heterocycles. The molecule has 0 unspecified atom stereocenters. The minimum atomic E-state index is -3.95. The van der Waals surface area contributed by atoms with Crippen LogP contribution in [-0.2, 0) is 10.0 Å². The minimum absolute atomic E-state index is 0.213. The van der Waals surface area contributed by atoms with Crippen molar-refractivity contribution in [3.8, 4) is 0 Å². The lowest BCUT2D eigenvalue weighted by atomic mass is 10.3. The summed E-state index contributed by atoms with van der Waals surface area (Å²) in [5.41, 5.74) is 0.764. The molecule has 0 aliphatic heterocycles. The third-order valence-corrected chi connectivity index (χ3v) is 4.67. The number of carbonyl (C=O) groups excluding carboxylic acids is 1. The van der Waals surface area contributed by atoms with Crippen molar-refractivity contribution in [3.05, 3.63) is 53.3 Å². The molecule has 0 saturated carbocycles. The Morgan fingerprint density at radius 1 is 1.09 bits per heavy atom. The van der Waals surface area contributed by atoms with Crippen LogP contribution in [0.4, 0.5) is 20.6 Å². The van der Waals surface area contributed by atoms with Gasteiger partial charge in [0.2, 0.25) is 0 Å². The van der Waals surface area contributed by atoms with E-state index in [2.05, 4.69) is 15.4 Å². The lowest BCUT2D eigenvalue weighted by Gasteiger charge is -2.10. The van der Waals surface area contributed by atoms with Crippen LogP contribution in [0.15, 0.2) is 47.4 Å². The summed E-state index contributed by atoms with van der Waals surface area (Å²) in [6.07, 6.45) is 0. The number of hydrogen-bond donors (Lipinski definition) is 3. The number of hydrogen-bond acceptors (Lipinski definition) is 3. The molecule has 0 aromatic heterocycles. The van der Waals surface area contributed by atoms with E-state index in [4.69, 9.17) is 11.6 Å². The molecule has 2 aromatic rings. The third kappa shape index (κ3) is 4.33. The van der Waals surface area contributed by atoms with E-state index in [1.807, 2.05) is 0 Å². The first kappa shape index (κ1) is 17.0. The van der Waals surface area contributed by atoms with Gasteiger partial charge >= 0.3 is 6.03 Å². The predicted octanol–water partition coefficient (Wildman–Crippen LogP) is 3.03. The molecule has 23 heavy (non-hydrogen) atoms. The molecule has 0 spiro atoms. The Balaban J connectivity index is 2.19. The van der Waals surface area contributed by atoms with Gasteiger partial charge in [-0.25, -0.2) is 17.6 Å². The molecule has 2 rings (SSSR count). The quantitative estimate of drug-likeness (QED) is 0.786. The van der Waals surface area contributed by atoms with Gasteiger partial charge in [-0.05, 0) is 42.5 Å². The summed E-state index contributed by atoms with van der Waals surface area (Å²) in [4.78, 5) is 10.9. The fourth-order valence-corrected chi connectivity index (χ4v) is 3.31. The van der Waals surface area contributed by atoms with Crippen LogP contribution in [0.3, 0.4) is 0 Å². The van der Waals surface area contributed by atoms with Gasteiger partial charge in [0, 0.05) is 18.4 Å². The van der Waals surface area contributed by atoms with Crippen molar-refractivity contribution < 1.29 is 17.6 Å². The highest BCUT2D eigenvalue weighted by Crippen LogP contribution is 2.25. The van der Waals surface area contributed by atoms with Crippen molar-refractivity contribution in [1.82, 2.24) is 5.32 Å². The Hall–Kier alpha value is -2.32. The van der Waals surface area contributed by atoms with Crippen LogP contribution in [-0.4, -0.2) is 21.5 Å². The molecule has 0 heterocycles. The molecule has 0 fully saturated rings. The zero-order valence-corrected chi connectivity index (χ0v) is 13.5. The zero-order chi connectivity index (χ0) is 17.0. The van der Waals surface area contributed by atoms with Crippen molar-refractivity contribution in [3.63, 3.8) is 0 Å². The Kier molecular flexibility index (Phi) is 5.07. The average molecular weight is 358 g/mol. The van der Waals surface area contributed by atoms with Gasteiger partial charge in [-0.15, -0.1) is 0 Å². The molecule has 0 atom stereocenters. The van der Waals surface area contributed by atoms with Crippen molar-refractivity contribution >= 4 is 39.0 Å². The molecule has 6 nitrogen and oxygen atoms in total. The van der Waals surface area contributed by atoms with E-state index in [1.54, 1.807) is 0 Å². The summed E-state index contributed by atoms with van der Waals surface area (Å²) >= 11 is 5.77. The summed E-state index contributed by atoms with van der Waals surface area (Å²) in [7, 11) is -2.47. The van der Waals surface area contributed by atoms with E-state index in [-0.39, 0.29) is 15.6 Å². The van der Waals surface area contributed by atoms with E-state index in [9.17, 15) is 17.6 Å². The normalized spacial score (nSPS) is 10.9. The van der Waals surface area contributed by atoms with Crippen molar-refractivity contribution in [2.45, 2.75) is 4.90 Å². The third-order valence-electron chi connectivity index (χ3n) is 2.81. The summed E-state index contributed by atoms with van der Waals surface area (Å²) < 4.78 is 39.8. The van der Waals surface area contributed by atoms with E-state index in [0.717, 1.165) is 18.2 Å². The SMILES string of the molecule is CNC(=O)Nc1ccc(NS(=O)(=O)c2ccc(F)cc2Cl)cc1. The second-order valence-electron chi connectivity index (χ2n) is 4.46. The Bertz CT molecular complexity index is 826. The molecule has 0 bridgehead atoms. The maximum absolute atomic E-state index is 13.0. The fraction of sp³-hybridized carbons (Fsp3) is 0.0714. The lowest BCUT2D eigenvalue weighted by molar-refractivity contribution is 0.254. The summed E-state index contributed by atoms with van der Waals surface area (Å²) in [6, 6.07) is 8.63. The number of halogens is 2. The van der Waals surface area contributed by atoms with E-state index in [1.165, 1.54) is 31.3 Å². The fourth-order valence-electron chi connectivity index (χ4n) is 1.72. The molecule has 0 radical (unpaired) electrons. The largest absolute Gasteiger partial charge is 0.341 e. The van der Waals surface area contributed by atoms with Gasteiger partial charge in [0.15, 0.2) is 0 Å². The number of carbonyl (C=O) groups is 1. The van der Waals surface area contributed by atoms with Gasteiger partial charge in [0.25, 0.3) is 10.0 Å². The standard InChI is InChI=1S/C14H13ClFN3O3S/c1-17-14(20)18-10-3-5-11(6-4-10)19-23(21,22)13-7-2-9(16)8-12(13)15/h2-8,19H,1H3,(H2,17,18,20). The predicted molar refractivity (Wildman–Crippen MR) is 86.7 cm³/mol. The molecular formula is C14H13ClFN3O3S. The Morgan fingerprint density at radius 2 is 1.70 bits per heavy atom. The summed E-state index contributed by atoms with van der Waals surface area (Å²) in [6.45, 7) is 0. The molecule has 2 amide bonds. The van der Waals surface area contributed by atoms with Crippen molar-refractivity contribution in [2.75, 3.05) is 17.1 Å². The number of anilines is 2. The first-order valence-corrected chi connectivity index (χ1v) is 8.24. The summed E-state index contributed by atoms with van der Waals surface area (Å²) in [5.74, 6) is -0.626. The number of amides is 2. The molecule has 0 aliphatic rings. The number of urea groups is 1. The van der Waals surface area contributed by atoms with Crippen LogP contribution in [0.25, 0.3) is 0 Å². The molecule has 122 valence electrons. The van der Waals surface area contributed by atoms with E-state index >= 15 is 0 Å². The van der Waals surface area contributed by atoms with Gasteiger partial charge in [-0.3, -0.25) is 4.72 Å². The summed E-state index contributed by atoms with van der Waals surface area (Å²) in [5, 5.41) is 4.72. The molecule has 9 heteroatoms. The second kappa shape index (κ2) is 6.84. The van der Waals surface area contributed by atoms with E-state index in [0.29, 0.717) is 5.69 Å². The van der Waals surface area contributed by atoms with Crippen LogP contribution >= 0.6 is 11.6 Å². The van der Waals surface area contributed by atoms with Crippen LogP contribution in [0.1, 0.15) is 0 Å². The van der Waals surface area contributed by atoms with Crippen LogP contribution in [0, 0.1) is 5.82 Å². The lowest BCUT2D eigenvalue weighted by Crippen LogP contribution is -2.24. The highest BCUT2D eigenvalue weighted by Gasteiger charge is 2.18. The number of rotatable bonds is 4. The number of benzene rings is 2. The van der Waals surface area contributed by atoms with E-state index < -0.39 is 21.9 Å². The van der Waals surface area contributed by atoms with Gasteiger partial charge in [-0.1, -0.05) is 11.6 Å².